The molecule has 1 aliphatic heterocycles. The Morgan fingerprint density at radius 3 is 2.73 bits per heavy atom. The molecule has 1 aliphatic rings. The zero-order valence-corrected chi connectivity index (χ0v) is 16.4. The standard InChI is InChI=1S/C18H25FN4O2S/c1-13-7-8-15(19)18(10-13)26(24,25)23-9-5-6-17(23)16-11-14(12-21(2)3)22(4)20-16/h7-8,10-11,17H,5-6,9,12H2,1-4H3/t17-/m1/s1. The monoisotopic (exact) mass is 380 g/mol. The maximum absolute atomic E-state index is 14.2. The summed E-state index contributed by atoms with van der Waals surface area (Å²) < 4.78 is 43.6. The van der Waals surface area contributed by atoms with Crippen LogP contribution < -0.4 is 0 Å². The molecule has 0 N–H and O–H groups in total. The van der Waals surface area contributed by atoms with Crippen molar-refractivity contribution in [2.75, 3.05) is 20.6 Å². The van der Waals surface area contributed by atoms with E-state index in [0.29, 0.717) is 18.5 Å². The number of hydrogen-bond donors (Lipinski definition) is 0. The second kappa shape index (κ2) is 7.09. The molecule has 3 rings (SSSR count). The first-order valence-electron chi connectivity index (χ1n) is 8.65. The molecule has 1 aromatic heterocycles. The normalized spacial score (nSPS) is 18.8. The van der Waals surface area contributed by atoms with Crippen LogP contribution in [0.1, 0.15) is 35.8 Å². The van der Waals surface area contributed by atoms with Crippen LogP contribution in [0.5, 0.6) is 0 Å². The van der Waals surface area contributed by atoms with E-state index in [1.54, 1.807) is 17.7 Å². The summed E-state index contributed by atoms with van der Waals surface area (Å²) in [5.74, 6) is -0.712. The first-order valence-corrected chi connectivity index (χ1v) is 10.1. The van der Waals surface area contributed by atoms with Gasteiger partial charge in [-0.15, -0.1) is 0 Å². The largest absolute Gasteiger partial charge is 0.304 e. The minimum Gasteiger partial charge on any atom is -0.304 e. The second-order valence-electron chi connectivity index (χ2n) is 7.13. The highest BCUT2D eigenvalue weighted by molar-refractivity contribution is 7.89. The van der Waals surface area contributed by atoms with Gasteiger partial charge in [-0.25, -0.2) is 12.8 Å². The van der Waals surface area contributed by atoms with Crippen LogP contribution in [0.3, 0.4) is 0 Å². The van der Waals surface area contributed by atoms with E-state index in [4.69, 9.17) is 0 Å². The van der Waals surface area contributed by atoms with E-state index in [1.165, 1.54) is 16.4 Å². The van der Waals surface area contributed by atoms with Gasteiger partial charge in [0.05, 0.1) is 17.4 Å². The molecule has 2 heterocycles. The van der Waals surface area contributed by atoms with Crippen molar-refractivity contribution in [1.82, 2.24) is 19.0 Å². The van der Waals surface area contributed by atoms with Crippen LogP contribution in [0.2, 0.25) is 0 Å². The first kappa shape index (κ1) is 19.0. The predicted octanol–water partition coefficient (Wildman–Crippen LogP) is 2.46. The van der Waals surface area contributed by atoms with Crippen molar-refractivity contribution in [3.63, 3.8) is 0 Å². The zero-order chi connectivity index (χ0) is 19.1. The number of rotatable bonds is 5. The maximum atomic E-state index is 14.2. The molecular weight excluding hydrogens is 355 g/mol. The zero-order valence-electron chi connectivity index (χ0n) is 15.6. The van der Waals surface area contributed by atoms with Gasteiger partial charge in [0.1, 0.15) is 10.7 Å². The number of aromatic nitrogens is 2. The Hall–Kier alpha value is -1.77. The Labute approximate surface area is 154 Å². The third-order valence-electron chi connectivity index (χ3n) is 4.69. The molecule has 2 aromatic rings. The van der Waals surface area contributed by atoms with Gasteiger partial charge in [-0.3, -0.25) is 4.68 Å². The molecule has 26 heavy (non-hydrogen) atoms. The lowest BCUT2D eigenvalue weighted by Gasteiger charge is -2.23. The van der Waals surface area contributed by atoms with Crippen molar-refractivity contribution >= 4 is 10.0 Å². The third-order valence-corrected chi connectivity index (χ3v) is 6.62. The van der Waals surface area contributed by atoms with Gasteiger partial charge < -0.3 is 4.90 Å². The summed E-state index contributed by atoms with van der Waals surface area (Å²) in [7, 11) is 1.88. The molecule has 0 spiro atoms. The van der Waals surface area contributed by atoms with E-state index in [1.807, 2.05) is 32.1 Å². The van der Waals surface area contributed by atoms with E-state index in [0.717, 1.165) is 24.4 Å². The van der Waals surface area contributed by atoms with E-state index in [2.05, 4.69) is 5.10 Å². The van der Waals surface area contributed by atoms with Crippen molar-refractivity contribution < 1.29 is 12.8 Å². The number of hydrogen-bond acceptors (Lipinski definition) is 4. The lowest BCUT2D eigenvalue weighted by molar-refractivity contribution is 0.383. The molecule has 0 saturated carbocycles. The molecule has 0 radical (unpaired) electrons. The number of nitrogens with zero attached hydrogens (tertiary/aromatic N) is 4. The van der Waals surface area contributed by atoms with Gasteiger partial charge in [0.2, 0.25) is 10.0 Å². The minimum absolute atomic E-state index is 0.256. The number of aryl methyl sites for hydroxylation is 2. The fourth-order valence-corrected chi connectivity index (χ4v) is 5.24. The molecule has 0 amide bonds. The van der Waals surface area contributed by atoms with Gasteiger partial charge in [-0.05, 0) is 57.6 Å². The van der Waals surface area contributed by atoms with Crippen molar-refractivity contribution in [3.8, 4) is 0 Å². The topological polar surface area (TPSA) is 58.4 Å². The SMILES string of the molecule is Cc1ccc(F)c(S(=O)(=O)N2CCC[C@@H]2c2cc(CN(C)C)n(C)n2)c1. The number of halogens is 1. The first-order chi connectivity index (χ1) is 12.2. The van der Waals surface area contributed by atoms with E-state index in [9.17, 15) is 12.8 Å². The summed E-state index contributed by atoms with van der Waals surface area (Å²) >= 11 is 0. The Kier molecular flexibility index (Phi) is 5.18. The quantitative estimate of drug-likeness (QED) is 0.800. The molecule has 1 fully saturated rings. The van der Waals surface area contributed by atoms with Crippen molar-refractivity contribution in [1.29, 1.82) is 0 Å². The smallest absolute Gasteiger partial charge is 0.246 e. The molecule has 0 bridgehead atoms. The Balaban J connectivity index is 1.97. The maximum Gasteiger partial charge on any atom is 0.246 e. The highest BCUT2D eigenvalue weighted by atomic mass is 32.2. The van der Waals surface area contributed by atoms with Gasteiger partial charge in [-0.1, -0.05) is 6.07 Å². The predicted molar refractivity (Wildman–Crippen MR) is 97.6 cm³/mol. The van der Waals surface area contributed by atoms with Crippen molar-refractivity contribution in [2.24, 2.45) is 7.05 Å². The average molecular weight is 380 g/mol. The molecule has 1 atom stereocenters. The average Bonchev–Trinajstić information content (AvgIpc) is 3.17. The molecule has 1 aromatic carbocycles. The molecule has 0 aliphatic carbocycles. The van der Waals surface area contributed by atoms with E-state index < -0.39 is 15.8 Å². The fourth-order valence-electron chi connectivity index (χ4n) is 3.42. The number of sulfonamides is 1. The molecule has 0 unspecified atom stereocenters. The van der Waals surface area contributed by atoms with Crippen molar-refractivity contribution in [3.05, 3.63) is 47.0 Å². The molecule has 8 heteroatoms. The molecule has 142 valence electrons. The van der Waals surface area contributed by atoms with Gasteiger partial charge in [0.15, 0.2) is 0 Å². The van der Waals surface area contributed by atoms with Crippen LogP contribution >= 0.6 is 0 Å². The minimum atomic E-state index is -3.92. The summed E-state index contributed by atoms with van der Waals surface area (Å²) in [5, 5.41) is 4.53. The van der Waals surface area contributed by atoms with Crippen LogP contribution in [0.25, 0.3) is 0 Å². The van der Waals surface area contributed by atoms with E-state index in [-0.39, 0.29) is 10.9 Å². The Morgan fingerprint density at radius 1 is 1.31 bits per heavy atom. The van der Waals surface area contributed by atoms with E-state index >= 15 is 0 Å². The fraction of sp³-hybridized carbons (Fsp3) is 0.500. The Bertz CT molecular complexity index is 908. The summed E-state index contributed by atoms with van der Waals surface area (Å²) in [6.07, 6.45) is 1.42. The summed E-state index contributed by atoms with van der Waals surface area (Å²) in [4.78, 5) is 1.78. The summed E-state index contributed by atoms with van der Waals surface area (Å²) in [5.41, 5.74) is 2.45. The highest BCUT2D eigenvalue weighted by Gasteiger charge is 2.39. The van der Waals surface area contributed by atoms with Gasteiger partial charge >= 0.3 is 0 Å². The molecular formula is C18H25FN4O2S. The van der Waals surface area contributed by atoms with Gasteiger partial charge in [0.25, 0.3) is 0 Å². The summed E-state index contributed by atoms with van der Waals surface area (Å²) in [6, 6.07) is 5.77. The lowest BCUT2D eigenvalue weighted by Crippen LogP contribution is -2.31. The third kappa shape index (κ3) is 3.54. The highest BCUT2D eigenvalue weighted by Crippen LogP contribution is 2.37. The number of benzene rings is 1. The van der Waals surface area contributed by atoms with Gasteiger partial charge in [0, 0.05) is 20.1 Å². The van der Waals surface area contributed by atoms with Crippen molar-refractivity contribution in [2.45, 2.75) is 37.2 Å². The molecule has 1 saturated heterocycles. The van der Waals surface area contributed by atoms with Gasteiger partial charge in [-0.2, -0.15) is 9.40 Å². The van der Waals surface area contributed by atoms with Crippen LogP contribution in [0, 0.1) is 12.7 Å². The second-order valence-corrected chi connectivity index (χ2v) is 8.99. The van der Waals surface area contributed by atoms with Crippen LogP contribution in [-0.2, 0) is 23.6 Å². The Morgan fingerprint density at radius 2 is 2.04 bits per heavy atom. The summed E-state index contributed by atoms with van der Waals surface area (Å²) in [6.45, 7) is 2.85. The van der Waals surface area contributed by atoms with Crippen LogP contribution in [-0.4, -0.2) is 48.0 Å². The lowest BCUT2D eigenvalue weighted by atomic mass is 10.1. The molecule has 6 nitrogen and oxygen atoms in total. The van der Waals surface area contributed by atoms with Crippen LogP contribution in [0.4, 0.5) is 4.39 Å². The van der Waals surface area contributed by atoms with Crippen LogP contribution in [0.15, 0.2) is 29.2 Å².